The fourth-order valence-electron chi connectivity index (χ4n) is 3.80. The van der Waals surface area contributed by atoms with Crippen LogP contribution in [0.15, 0.2) is 48.5 Å². The number of amides is 1. The van der Waals surface area contributed by atoms with Crippen molar-refractivity contribution in [3.8, 4) is 5.75 Å². The molecule has 4 rings (SSSR count). The molecule has 1 aliphatic heterocycles. The molecule has 2 aromatic carbocycles. The zero-order chi connectivity index (χ0) is 19.0. The number of carbonyl (C=O) groups is 1. The van der Waals surface area contributed by atoms with Crippen LogP contribution in [0.3, 0.4) is 0 Å². The first-order valence-electron chi connectivity index (χ1n) is 9.67. The molecule has 0 bridgehead atoms. The molecule has 0 radical (unpaired) electrons. The molecule has 4 nitrogen and oxygen atoms in total. The van der Waals surface area contributed by atoms with E-state index >= 15 is 0 Å². The summed E-state index contributed by atoms with van der Waals surface area (Å²) in [6.07, 6.45) is 0.354. The molecular weight excluding hydrogens is 336 g/mol. The molecule has 140 valence electrons. The molecule has 0 saturated heterocycles. The van der Waals surface area contributed by atoms with Gasteiger partial charge in [0.15, 0.2) is 6.10 Å². The number of nitrogens with zero attached hydrogens (tertiary/aromatic N) is 1. The van der Waals surface area contributed by atoms with Crippen molar-refractivity contribution in [2.45, 2.75) is 45.8 Å². The Bertz CT molecular complexity index is 956. The van der Waals surface area contributed by atoms with Crippen LogP contribution >= 0.6 is 0 Å². The van der Waals surface area contributed by atoms with Gasteiger partial charge in [-0.05, 0) is 36.6 Å². The Hall–Kier alpha value is -2.75. The summed E-state index contributed by atoms with van der Waals surface area (Å²) in [5.74, 6) is 1.26. The van der Waals surface area contributed by atoms with E-state index in [4.69, 9.17) is 4.74 Å². The van der Waals surface area contributed by atoms with E-state index in [1.165, 1.54) is 22.2 Å². The average Bonchev–Trinajstić information content (AvgIpc) is 3.05. The lowest BCUT2D eigenvalue weighted by Gasteiger charge is -2.29. The number of aromatic amines is 1. The number of nitrogens with one attached hydrogen (secondary N) is 1. The number of ether oxygens (including phenoxy) is 1. The fraction of sp³-hybridized carbons (Fsp3) is 0.348. The molecule has 1 aliphatic rings. The van der Waals surface area contributed by atoms with Crippen LogP contribution in [-0.4, -0.2) is 28.4 Å². The fourth-order valence-corrected chi connectivity index (χ4v) is 3.80. The number of hydrogen-bond donors (Lipinski definition) is 1. The Balaban J connectivity index is 1.46. The van der Waals surface area contributed by atoms with Crippen molar-refractivity contribution in [1.82, 2.24) is 9.88 Å². The van der Waals surface area contributed by atoms with Crippen LogP contribution in [0.25, 0.3) is 10.9 Å². The zero-order valence-electron chi connectivity index (χ0n) is 16.2. The minimum absolute atomic E-state index is 0.0406. The molecule has 4 heteroatoms. The Morgan fingerprint density at radius 1 is 1.07 bits per heavy atom. The Kier molecular flexibility index (Phi) is 4.65. The first-order chi connectivity index (χ1) is 13.0. The van der Waals surface area contributed by atoms with E-state index in [9.17, 15) is 4.79 Å². The first-order valence-corrected chi connectivity index (χ1v) is 9.67. The van der Waals surface area contributed by atoms with E-state index in [2.05, 4.69) is 43.1 Å². The van der Waals surface area contributed by atoms with Gasteiger partial charge < -0.3 is 14.6 Å². The van der Waals surface area contributed by atoms with Gasteiger partial charge in [-0.15, -0.1) is 0 Å². The predicted molar refractivity (Wildman–Crippen MR) is 108 cm³/mol. The average molecular weight is 362 g/mol. The maximum atomic E-state index is 12.9. The summed E-state index contributed by atoms with van der Waals surface area (Å²) in [5, 5.41) is 1.21. The van der Waals surface area contributed by atoms with Crippen LogP contribution in [0.1, 0.15) is 43.5 Å². The van der Waals surface area contributed by atoms with E-state index in [0.717, 1.165) is 24.2 Å². The van der Waals surface area contributed by atoms with Crippen LogP contribution in [0, 0.1) is 0 Å². The maximum Gasteiger partial charge on any atom is 0.263 e. The van der Waals surface area contributed by atoms with E-state index in [1.54, 1.807) is 0 Å². The van der Waals surface area contributed by atoms with Crippen LogP contribution in [0.2, 0.25) is 0 Å². The van der Waals surface area contributed by atoms with Crippen molar-refractivity contribution in [3.63, 3.8) is 0 Å². The second kappa shape index (κ2) is 7.10. The van der Waals surface area contributed by atoms with Gasteiger partial charge in [0.05, 0.1) is 0 Å². The summed E-state index contributed by atoms with van der Waals surface area (Å²) in [4.78, 5) is 18.3. The lowest BCUT2D eigenvalue weighted by Crippen LogP contribution is -2.43. The molecule has 0 saturated carbocycles. The molecule has 1 amide bonds. The third-order valence-electron chi connectivity index (χ3n) is 5.40. The number of fused-ring (bicyclic) bond motifs is 3. The van der Waals surface area contributed by atoms with E-state index < -0.39 is 6.10 Å². The van der Waals surface area contributed by atoms with Crippen molar-refractivity contribution in [3.05, 3.63) is 65.4 Å². The summed E-state index contributed by atoms with van der Waals surface area (Å²) < 4.78 is 5.92. The highest BCUT2D eigenvalue weighted by molar-refractivity contribution is 5.86. The van der Waals surface area contributed by atoms with Crippen molar-refractivity contribution in [2.24, 2.45) is 0 Å². The molecule has 1 atom stereocenters. The highest BCUT2D eigenvalue weighted by Gasteiger charge is 2.27. The van der Waals surface area contributed by atoms with Crippen LogP contribution < -0.4 is 4.74 Å². The van der Waals surface area contributed by atoms with E-state index in [-0.39, 0.29) is 5.91 Å². The molecule has 1 N–H and O–H groups in total. The number of hydrogen-bond acceptors (Lipinski definition) is 2. The minimum Gasteiger partial charge on any atom is -0.481 e. The maximum absolute atomic E-state index is 12.9. The van der Waals surface area contributed by atoms with Gasteiger partial charge in [-0.3, -0.25) is 4.79 Å². The molecule has 0 fully saturated rings. The van der Waals surface area contributed by atoms with Crippen molar-refractivity contribution >= 4 is 16.8 Å². The van der Waals surface area contributed by atoms with E-state index in [0.29, 0.717) is 12.5 Å². The Morgan fingerprint density at radius 3 is 2.56 bits per heavy atom. The van der Waals surface area contributed by atoms with Gasteiger partial charge in [0.25, 0.3) is 5.91 Å². The topological polar surface area (TPSA) is 45.3 Å². The first kappa shape index (κ1) is 17.7. The van der Waals surface area contributed by atoms with Gasteiger partial charge in [0.1, 0.15) is 5.75 Å². The molecule has 3 aromatic rings. The highest BCUT2D eigenvalue weighted by atomic mass is 16.5. The standard InChI is InChI=1S/C23H26N2O2/c1-15(2)17-8-10-18(11-9-17)27-16(3)23(26)25-13-12-22-20(14-25)19-6-4-5-7-21(19)24-22/h4-11,15-16,24H,12-14H2,1-3H3. The van der Waals surface area contributed by atoms with Gasteiger partial charge in [0.2, 0.25) is 0 Å². The lowest BCUT2D eigenvalue weighted by atomic mass is 10.0. The van der Waals surface area contributed by atoms with E-state index in [1.807, 2.05) is 36.1 Å². The van der Waals surface area contributed by atoms with Crippen molar-refractivity contribution in [1.29, 1.82) is 0 Å². The van der Waals surface area contributed by atoms with Gasteiger partial charge in [0, 0.05) is 41.7 Å². The number of carbonyl (C=O) groups excluding carboxylic acids is 1. The molecule has 1 unspecified atom stereocenters. The number of H-pyrrole nitrogens is 1. The molecule has 2 heterocycles. The highest BCUT2D eigenvalue weighted by Crippen LogP contribution is 2.28. The summed E-state index contributed by atoms with van der Waals surface area (Å²) in [6.45, 7) is 7.52. The molecule has 0 spiro atoms. The van der Waals surface area contributed by atoms with Gasteiger partial charge in [-0.1, -0.05) is 44.2 Å². The molecular formula is C23H26N2O2. The number of para-hydroxylation sites is 1. The van der Waals surface area contributed by atoms with Gasteiger partial charge in [-0.25, -0.2) is 0 Å². The second-order valence-corrected chi connectivity index (χ2v) is 7.62. The summed E-state index contributed by atoms with van der Waals surface area (Å²) in [5.41, 5.74) is 4.90. The molecule has 0 aliphatic carbocycles. The predicted octanol–water partition coefficient (Wildman–Crippen LogP) is 4.64. The minimum atomic E-state index is -0.498. The quantitative estimate of drug-likeness (QED) is 0.735. The van der Waals surface area contributed by atoms with Crippen molar-refractivity contribution in [2.75, 3.05) is 6.54 Å². The summed E-state index contributed by atoms with van der Waals surface area (Å²) in [6, 6.07) is 16.3. The normalized spacial score (nSPS) is 15.0. The third kappa shape index (κ3) is 3.44. The number of rotatable bonds is 4. The third-order valence-corrected chi connectivity index (χ3v) is 5.40. The van der Waals surface area contributed by atoms with Gasteiger partial charge in [-0.2, -0.15) is 0 Å². The number of aromatic nitrogens is 1. The Labute approximate surface area is 160 Å². The van der Waals surface area contributed by atoms with Crippen molar-refractivity contribution < 1.29 is 9.53 Å². The lowest BCUT2D eigenvalue weighted by molar-refractivity contribution is -0.138. The molecule has 1 aromatic heterocycles. The summed E-state index contributed by atoms with van der Waals surface area (Å²) >= 11 is 0. The van der Waals surface area contributed by atoms with Crippen LogP contribution in [-0.2, 0) is 17.8 Å². The zero-order valence-corrected chi connectivity index (χ0v) is 16.2. The SMILES string of the molecule is CC(Oc1ccc(C(C)C)cc1)C(=O)N1CCc2[nH]c3ccccc3c2C1. The van der Waals surface area contributed by atoms with Gasteiger partial charge >= 0.3 is 0 Å². The number of benzene rings is 2. The van der Waals surface area contributed by atoms with Crippen LogP contribution in [0.5, 0.6) is 5.75 Å². The Morgan fingerprint density at radius 2 is 1.81 bits per heavy atom. The summed E-state index contributed by atoms with van der Waals surface area (Å²) in [7, 11) is 0. The monoisotopic (exact) mass is 362 g/mol. The second-order valence-electron chi connectivity index (χ2n) is 7.62. The largest absolute Gasteiger partial charge is 0.481 e. The molecule has 27 heavy (non-hydrogen) atoms. The van der Waals surface area contributed by atoms with Crippen LogP contribution in [0.4, 0.5) is 0 Å². The smallest absolute Gasteiger partial charge is 0.263 e.